The Kier molecular flexibility index (Phi) is 1.41. The van der Waals surface area contributed by atoms with Gasteiger partial charge in [0.1, 0.15) is 0 Å². The van der Waals surface area contributed by atoms with Gasteiger partial charge in [-0.3, -0.25) is 0 Å². The highest BCUT2D eigenvalue weighted by molar-refractivity contribution is 6.34. The maximum Gasteiger partial charge on any atom is 0.222 e. The highest BCUT2D eigenvalue weighted by Crippen LogP contribution is 2.19. The molecule has 0 fully saturated rings. The van der Waals surface area contributed by atoms with Crippen LogP contribution < -0.4 is 5.73 Å². The number of halogens is 1. The topological polar surface area (TPSA) is 69.6 Å². The predicted octanol–water partition coefficient (Wildman–Crippen LogP) is 0.599. The summed E-state index contributed by atoms with van der Waals surface area (Å²) in [6.45, 7) is 0. The van der Waals surface area contributed by atoms with Crippen LogP contribution in [0.5, 0.6) is 0 Å². The number of hydrogen-bond acceptors (Lipinski definition) is 4. The minimum Gasteiger partial charge on any atom is -0.368 e. The highest BCUT2D eigenvalue weighted by atomic mass is 35.5. The van der Waals surface area contributed by atoms with E-state index in [2.05, 4.69) is 15.1 Å². The van der Waals surface area contributed by atoms with Crippen molar-refractivity contribution in [2.24, 2.45) is 7.05 Å². The average Bonchev–Trinajstić information content (AvgIpc) is 2.28. The van der Waals surface area contributed by atoms with Crippen molar-refractivity contribution in [1.29, 1.82) is 0 Å². The third-order valence-corrected chi connectivity index (χ3v) is 1.83. The smallest absolute Gasteiger partial charge is 0.222 e. The lowest BCUT2D eigenvalue weighted by atomic mass is 10.4. The van der Waals surface area contributed by atoms with Crippen molar-refractivity contribution < 1.29 is 0 Å². The quantitative estimate of drug-likeness (QED) is 0.650. The molecule has 0 aliphatic carbocycles. The van der Waals surface area contributed by atoms with Crippen molar-refractivity contribution in [3.8, 4) is 0 Å². The molecule has 2 aromatic rings. The van der Waals surface area contributed by atoms with E-state index in [1.165, 1.54) is 0 Å². The van der Waals surface area contributed by atoms with Gasteiger partial charge in [-0.1, -0.05) is 11.6 Å². The summed E-state index contributed by atoms with van der Waals surface area (Å²) >= 11 is 5.78. The number of nitrogens with zero attached hydrogens (tertiary/aromatic N) is 4. The molecule has 0 aliphatic rings. The number of nitrogens with two attached hydrogens (primary N) is 1. The SMILES string of the molecule is Cn1nc(Cl)c2cnc(N)nc21. The first kappa shape index (κ1) is 7.30. The molecule has 2 N–H and O–H groups in total. The number of rotatable bonds is 0. The van der Waals surface area contributed by atoms with Crippen LogP contribution in [-0.2, 0) is 7.05 Å². The van der Waals surface area contributed by atoms with Gasteiger partial charge in [-0.05, 0) is 0 Å². The lowest BCUT2D eigenvalue weighted by molar-refractivity contribution is 0.786. The Labute approximate surface area is 73.2 Å². The van der Waals surface area contributed by atoms with Crippen molar-refractivity contribution in [1.82, 2.24) is 19.7 Å². The average molecular weight is 184 g/mol. The third-order valence-electron chi connectivity index (χ3n) is 1.55. The molecular weight excluding hydrogens is 178 g/mol. The van der Waals surface area contributed by atoms with E-state index in [9.17, 15) is 0 Å². The van der Waals surface area contributed by atoms with Gasteiger partial charge >= 0.3 is 0 Å². The Morgan fingerprint density at radius 1 is 1.58 bits per heavy atom. The van der Waals surface area contributed by atoms with Crippen LogP contribution in [0.4, 0.5) is 5.95 Å². The van der Waals surface area contributed by atoms with E-state index >= 15 is 0 Å². The summed E-state index contributed by atoms with van der Waals surface area (Å²) in [6.07, 6.45) is 1.56. The van der Waals surface area contributed by atoms with Gasteiger partial charge in [-0.15, -0.1) is 0 Å². The maximum absolute atomic E-state index is 5.78. The van der Waals surface area contributed by atoms with E-state index < -0.39 is 0 Å². The summed E-state index contributed by atoms with van der Waals surface area (Å²) in [7, 11) is 1.75. The van der Waals surface area contributed by atoms with E-state index in [0.29, 0.717) is 16.2 Å². The standard InChI is InChI=1S/C6H6ClN5/c1-12-5-3(4(7)11-12)2-9-6(8)10-5/h2H,1H3,(H2,8,9,10). The molecule has 2 rings (SSSR count). The van der Waals surface area contributed by atoms with Gasteiger partial charge in [0, 0.05) is 13.2 Å². The first-order valence-electron chi connectivity index (χ1n) is 3.29. The van der Waals surface area contributed by atoms with E-state index in [-0.39, 0.29) is 5.95 Å². The normalized spacial score (nSPS) is 10.8. The van der Waals surface area contributed by atoms with Crippen LogP contribution in [0.2, 0.25) is 5.15 Å². The number of anilines is 1. The van der Waals surface area contributed by atoms with Crippen molar-refractivity contribution >= 4 is 28.6 Å². The van der Waals surface area contributed by atoms with E-state index in [1.54, 1.807) is 17.9 Å². The van der Waals surface area contributed by atoms with Crippen LogP contribution in [-0.4, -0.2) is 19.7 Å². The first-order valence-corrected chi connectivity index (χ1v) is 3.67. The van der Waals surface area contributed by atoms with Crippen LogP contribution in [0.25, 0.3) is 11.0 Å². The Hall–Kier alpha value is -1.36. The second-order valence-electron chi connectivity index (χ2n) is 2.38. The number of aryl methyl sites for hydroxylation is 1. The van der Waals surface area contributed by atoms with Gasteiger partial charge in [-0.25, -0.2) is 9.67 Å². The van der Waals surface area contributed by atoms with Crippen LogP contribution in [0.15, 0.2) is 6.20 Å². The largest absolute Gasteiger partial charge is 0.368 e. The molecule has 0 saturated carbocycles. The molecule has 0 radical (unpaired) electrons. The summed E-state index contributed by atoms with van der Waals surface area (Å²) in [5, 5.41) is 5.07. The Balaban J connectivity index is 2.90. The molecule has 0 unspecified atom stereocenters. The highest BCUT2D eigenvalue weighted by Gasteiger charge is 2.07. The summed E-state index contributed by atoms with van der Waals surface area (Å²) in [5.41, 5.74) is 6.04. The molecule has 0 spiro atoms. The fourth-order valence-corrected chi connectivity index (χ4v) is 1.26. The molecule has 2 aromatic heterocycles. The zero-order chi connectivity index (χ0) is 8.72. The molecule has 2 heterocycles. The van der Waals surface area contributed by atoms with E-state index in [1.807, 2.05) is 0 Å². The summed E-state index contributed by atoms with van der Waals surface area (Å²) in [5.74, 6) is 0.224. The molecule has 0 atom stereocenters. The fourth-order valence-electron chi connectivity index (χ4n) is 1.01. The van der Waals surface area contributed by atoms with Crippen LogP contribution in [0.3, 0.4) is 0 Å². The summed E-state index contributed by atoms with van der Waals surface area (Å²) in [4.78, 5) is 7.79. The minimum absolute atomic E-state index is 0.224. The van der Waals surface area contributed by atoms with Crippen molar-refractivity contribution in [2.75, 3.05) is 5.73 Å². The molecule has 5 nitrogen and oxygen atoms in total. The lowest BCUT2D eigenvalue weighted by Crippen LogP contribution is -1.97. The van der Waals surface area contributed by atoms with E-state index in [0.717, 1.165) is 0 Å². The van der Waals surface area contributed by atoms with Gasteiger partial charge < -0.3 is 5.73 Å². The first-order chi connectivity index (χ1) is 5.68. The third kappa shape index (κ3) is 0.902. The second-order valence-corrected chi connectivity index (χ2v) is 2.74. The number of hydrogen-bond donors (Lipinski definition) is 1. The number of fused-ring (bicyclic) bond motifs is 1. The minimum atomic E-state index is 0.224. The van der Waals surface area contributed by atoms with E-state index in [4.69, 9.17) is 17.3 Å². The van der Waals surface area contributed by atoms with Crippen molar-refractivity contribution in [2.45, 2.75) is 0 Å². The van der Waals surface area contributed by atoms with Crippen molar-refractivity contribution in [3.63, 3.8) is 0 Å². The molecule has 0 amide bonds. The second kappa shape index (κ2) is 2.31. The molecule has 62 valence electrons. The van der Waals surface area contributed by atoms with Crippen LogP contribution >= 0.6 is 11.6 Å². The van der Waals surface area contributed by atoms with Gasteiger partial charge in [0.25, 0.3) is 0 Å². The van der Waals surface area contributed by atoms with Gasteiger partial charge in [-0.2, -0.15) is 10.1 Å². The summed E-state index contributed by atoms with van der Waals surface area (Å²) in [6, 6.07) is 0. The number of aromatic nitrogens is 4. The zero-order valence-electron chi connectivity index (χ0n) is 6.32. The Bertz CT molecular complexity index is 435. The molecule has 0 aliphatic heterocycles. The van der Waals surface area contributed by atoms with Crippen molar-refractivity contribution in [3.05, 3.63) is 11.3 Å². The fraction of sp³-hybridized carbons (Fsp3) is 0.167. The lowest BCUT2D eigenvalue weighted by Gasteiger charge is -1.92. The maximum atomic E-state index is 5.78. The summed E-state index contributed by atoms with van der Waals surface area (Å²) < 4.78 is 1.57. The monoisotopic (exact) mass is 183 g/mol. The van der Waals surface area contributed by atoms with Crippen LogP contribution in [0.1, 0.15) is 0 Å². The molecule has 0 bridgehead atoms. The molecular formula is C6H6ClN5. The van der Waals surface area contributed by atoms with Gasteiger partial charge in [0.05, 0.1) is 5.39 Å². The zero-order valence-corrected chi connectivity index (χ0v) is 7.08. The van der Waals surface area contributed by atoms with Gasteiger partial charge in [0.15, 0.2) is 10.8 Å². The number of nitrogen functional groups attached to an aromatic ring is 1. The molecule has 0 aromatic carbocycles. The Morgan fingerprint density at radius 3 is 3.08 bits per heavy atom. The molecule has 6 heteroatoms. The molecule has 12 heavy (non-hydrogen) atoms. The van der Waals surface area contributed by atoms with Gasteiger partial charge in [0.2, 0.25) is 5.95 Å². The Morgan fingerprint density at radius 2 is 2.33 bits per heavy atom. The predicted molar refractivity (Wildman–Crippen MR) is 45.7 cm³/mol. The van der Waals surface area contributed by atoms with Crippen LogP contribution in [0, 0.1) is 0 Å². The molecule has 0 saturated heterocycles.